The van der Waals surface area contributed by atoms with Gasteiger partial charge < -0.3 is 20.5 Å². The van der Waals surface area contributed by atoms with Crippen molar-refractivity contribution in [2.45, 2.75) is 25.5 Å². The summed E-state index contributed by atoms with van der Waals surface area (Å²) in [6.07, 6.45) is 2.55. The second-order valence-electron chi connectivity index (χ2n) is 5.78. The summed E-state index contributed by atoms with van der Waals surface area (Å²) >= 11 is 1.79. The molecule has 5 nitrogen and oxygen atoms in total. The molecule has 0 saturated carbocycles. The van der Waals surface area contributed by atoms with Crippen LogP contribution in [0.2, 0.25) is 0 Å². The lowest BCUT2D eigenvalue weighted by Gasteiger charge is -2.23. The number of hydrogen-bond acceptors (Lipinski definition) is 4. The summed E-state index contributed by atoms with van der Waals surface area (Å²) in [7, 11) is 0. The summed E-state index contributed by atoms with van der Waals surface area (Å²) in [4.78, 5) is 4.62. The van der Waals surface area contributed by atoms with Crippen molar-refractivity contribution >= 4 is 41.7 Å². The Morgan fingerprint density at radius 2 is 2.24 bits per heavy atom. The molecule has 1 aliphatic rings. The number of nitrogens with zero attached hydrogens (tertiary/aromatic N) is 1. The van der Waals surface area contributed by atoms with Gasteiger partial charge in [0, 0.05) is 24.4 Å². The van der Waals surface area contributed by atoms with Crippen LogP contribution in [0.1, 0.15) is 18.9 Å². The van der Waals surface area contributed by atoms with Gasteiger partial charge in [-0.25, -0.2) is 4.99 Å². The maximum Gasteiger partial charge on any atom is 0.191 e. The molecule has 2 rings (SSSR count). The van der Waals surface area contributed by atoms with Crippen LogP contribution in [0.5, 0.6) is 5.75 Å². The highest BCUT2D eigenvalue weighted by atomic mass is 127. The molecular formula is C18H28IN3O2S. The molecule has 0 amide bonds. The smallest absolute Gasteiger partial charge is 0.191 e. The monoisotopic (exact) mass is 477 g/mol. The summed E-state index contributed by atoms with van der Waals surface area (Å²) in [5.74, 6) is 3.32. The first-order valence-electron chi connectivity index (χ1n) is 8.31. The highest BCUT2D eigenvalue weighted by molar-refractivity contribution is 14.0. The lowest BCUT2D eigenvalue weighted by atomic mass is 10.0. The number of aliphatic hydroxyl groups is 1. The van der Waals surface area contributed by atoms with Crippen molar-refractivity contribution < 1.29 is 9.84 Å². The first-order valence-corrected chi connectivity index (χ1v) is 9.46. The molecule has 1 unspecified atom stereocenters. The first-order chi connectivity index (χ1) is 11.7. The van der Waals surface area contributed by atoms with Gasteiger partial charge in [0.15, 0.2) is 5.96 Å². The zero-order valence-electron chi connectivity index (χ0n) is 14.7. The molecule has 1 aromatic rings. The fraction of sp³-hybridized carbons (Fsp3) is 0.500. The van der Waals surface area contributed by atoms with Gasteiger partial charge in [0.25, 0.3) is 0 Å². The molecule has 1 saturated heterocycles. The van der Waals surface area contributed by atoms with Crippen molar-refractivity contribution in [3.8, 4) is 5.75 Å². The van der Waals surface area contributed by atoms with Crippen LogP contribution < -0.4 is 15.4 Å². The Labute approximate surface area is 171 Å². The van der Waals surface area contributed by atoms with E-state index in [9.17, 15) is 5.11 Å². The SMILES string of the molecule is C=CCOc1ccccc1CN=C(NCC)NCC1(O)CCSC1.I. The third-order valence-electron chi connectivity index (χ3n) is 3.75. The first kappa shape index (κ1) is 22.1. The molecular weight excluding hydrogens is 449 g/mol. The molecule has 140 valence electrons. The van der Waals surface area contributed by atoms with E-state index in [0.717, 1.165) is 35.8 Å². The molecule has 7 heteroatoms. The Morgan fingerprint density at radius 1 is 1.44 bits per heavy atom. The molecule has 1 aliphatic heterocycles. The van der Waals surface area contributed by atoms with Gasteiger partial charge in [0.2, 0.25) is 0 Å². The van der Waals surface area contributed by atoms with Crippen LogP contribution in [0.25, 0.3) is 0 Å². The Bertz CT molecular complexity index is 563. The van der Waals surface area contributed by atoms with Crippen molar-refractivity contribution in [1.82, 2.24) is 10.6 Å². The molecule has 0 spiro atoms. The largest absolute Gasteiger partial charge is 0.489 e. The van der Waals surface area contributed by atoms with E-state index < -0.39 is 5.60 Å². The van der Waals surface area contributed by atoms with Crippen molar-refractivity contribution in [2.24, 2.45) is 4.99 Å². The predicted octanol–water partition coefficient (Wildman–Crippen LogP) is 2.79. The number of hydrogen-bond donors (Lipinski definition) is 3. The lowest BCUT2D eigenvalue weighted by molar-refractivity contribution is 0.0724. The van der Waals surface area contributed by atoms with Gasteiger partial charge in [-0.3, -0.25) is 0 Å². The highest BCUT2D eigenvalue weighted by Crippen LogP contribution is 2.27. The van der Waals surface area contributed by atoms with Crippen LogP contribution in [-0.2, 0) is 6.54 Å². The van der Waals surface area contributed by atoms with E-state index in [4.69, 9.17) is 4.74 Å². The maximum atomic E-state index is 10.4. The van der Waals surface area contributed by atoms with Crippen molar-refractivity contribution in [3.63, 3.8) is 0 Å². The van der Waals surface area contributed by atoms with Crippen LogP contribution in [0.3, 0.4) is 0 Å². The van der Waals surface area contributed by atoms with Gasteiger partial charge in [0.1, 0.15) is 12.4 Å². The minimum atomic E-state index is -0.633. The molecule has 1 fully saturated rings. The van der Waals surface area contributed by atoms with Crippen LogP contribution in [0.4, 0.5) is 0 Å². The van der Waals surface area contributed by atoms with Crippen molar-refractivity contribution in [3.05, 3.63) is 42.5 Å². The van der Waals surface area contributed by atoms with Gasteiger partial charge >= 0.3 is 0 Å². The minimum Gasteiger partial charge on any atom is -0.489 e. The molecule has 0 bridgehead atoms. The van der Waals surface area contributed by atoms with E-state index in [-0.39, 0.29) is 24.0 Å². The fourth-order valence-corrected chi connectivity index (χ4v) is 3.71. The standard InChI is InChI=1S/C18H27N3O2S.HI/c1-3-10-23-16-8-6-5-7-15(16)12-20-17(19-4-2)21-13-18(22)9-11-24-14-18;/h3,5-8,22H,1,4,9-14H2,2H3,(H2,19,20,21);1H. The van der Waals surface area contributed by atoms with Gasteiger partial charge in [-0.2, -0.15) is 11.8 Å². The molecule has 3 N–H and O–H groups in total. The Hall–Kier alpha value is -0.930. The van der Waals surface area contributed by atoms with Gasteiger partial charge in [-0.15, -0.1) is 24.0 Å². The second-order valence-corrected chi connectivity index (χ2v) is 6.89. The number of para-hydroxylation sites is 1. The molecule has 25 heavy (non-hydrogen) atoms. The topological polar surface area (TPSA) is 65.9 Å². The van der Waals surface area contributed by atoms with Crippen LogP contribution in [0.15, 0.2) is 41.9 Å². The Morgan fingerprint density at radius 3 is 2.92 bits per heavy atom. The molecule has 0 aliphatic carbocycles. The predicted molar refractivity (Wildman–Crippen MR) is 117 cm³/mol. The molecule has 1 heterocycles. The van der Waals surface area contributed by atoms with Gasteiger partial charge in [-0.1, -0.05) is 30.9 Å². The number of halogens is 1. The van der Waals surface area contributed by atoms with E-state index in [1.165, 1.54) is 0 Å². The zero-order valence-corrected chi connectivity index (χ0v) is 17.8. The number of ether oxygens (including phenoxy) is 1. The summed E-state index contributed by atoms with van der Waals surface area (Å²) in [5.41, 5.74) is 0.387. The molecule has 1 atom stereocenters. The Balaban J connectivity index is 0.00000312. The molecule has 0 radical (unpaired) electrons. The molecule has 0 aromatic heterocycles. The summed E-state index contributed by atoms with van der Waals surface area (Å²) in [5, 5.41) is 16.9. The van der Waals surface area contributed by atoms with Crippen molar-refractivity contribution in [2.75, 3.05) is 31.2 Å². The quantitative estimate of drug-likeness (QED) is 0.233. The fourth-order valence-electron chi connectivity index (χ4n) is 2.41. The third kappa shape index (κ3) is 7.45. The summed E-state index contributed by atoms with van der Waals surface area (Å²) in [6, 6.07) is 7.87. The number of guanidine groups is 1. The Kier molecular flexibility index (Phi) is 10.3. The van der Waals surface area contributed by atoms with Crippen molar-refractivity contribution in [1.29, 1.82) is 0 Å². The maximum absolute atomic E-state index is 10.4. The number of rotatable bonds is 8. The van der Waals surface area contributed by atoms with E-state index in [0.29, 0.717) is 25.7 Å². The second kappa shape index (κ2) is 11.6. The van der Waals surface area contributed by atoms with Crippen LogP contribution in [0, 0.1) is 0 Å². The van der Waals surface area contributed by atoms with E-state index in [1.54, 1.807) is 17.8 Å². The average molecular weight is 477 g/mol. The van der Waals surface area contributed by atoms with Crippen LogP contribution >= 0.6 is 35.7 Å². The molecule has 1 aromatic carbocycles. The zero-order chi connectivity index (χ0) is 17.3. The lowest BCUT2D eigenvalue weighted by Crippen LogP contribution is -2.47. The minimum absolute atomic E-state index is 0. The number of benzene rings is 1. The van der Waals surface area contributed by atoms with E-state index in [2.05, 4.69) is 22.2 Å². The normalized spacial score (nSPS) is 19.8. The average Bonchev–Trinajstić information content (AvgIpc) is 3.03. The third-order valence-corrected chi connectivity index (χ3v) is 4.98. The number of nitrogens with one attached hydrogen (secondary N) is 2. The summed E-state index contributed by atoms with van der Waals surface area (Å²) < 4.78 is 5.66. The number of thioether (sulfide) groups is 1. The number of aliphatic imine (C=N–C) groups is 1. The summed E-state index contributed by atoms with van der Waals surface area (Å²) in [6.45, 7) is 7.97. The van der Waals surface area contributed by atoms with E-state index in [1.807, 2.05) is 31.2 Å². The highest BCUT2D eigenvalue weighted by Gasteiger charge is 2.31. The van der Waals surface area contributed by atoms with Crippen LogP contribution in [-0.4, -0.2) is 47.9 Å². The van der Waals surface area contributed by atoms with Gasteiger partial charge in [-0.05, 0) is 25.2 Å². The van der Waals surface area contributed by atoms with Gasteiger partial charge in [0.05, 0.1) is 12.1 Å². The van der Waals surface area contributed by atoms with E-state index >= 15 is 0 Å².